The molecular weight excluding hydrogens is 198 g/mol. The Hall–Kier alpha value is -1.32. The Balaban J connectivity index is 1.69. The molecule has 1 aromatic heterocycles. The molecule has 2 aromatic rings. The second-order valence-electron chi connectivity index (χ2n) is 4.83. The Morgan fingerprint density at radius 2 is 2.12 bits per heavy atom. The van der Waals surface area contributed by atoms with E-state index in [0.717, 1.165) is 25.9 Å². The Morgan fingerprint density at radius 3 is 2.94 bits per heavy atom. The predicted molar refractivity (Wildman–Crippen MR) is 66.2 cm³/mol. The van der Waals surface area contributed by atoms with Crippen molar-refractivity contribution in [1.82, 2.24) is 10.3 Å². The summed E-state index contributed by atoms with van der Waals surface area (Å²) in [5.74, 6) is 0. The highest BCUT2D eigenvalue weighted by molar-refractivity contribution is 5.82. The van der Waals surface area contributed by atoms with Crippen LogP contribution in [0.3, 0.4) is 0 Å². The third-order valence-electron chi connectivity index (χ3n) is 3.36. The highest BCUT2D eigenvalue weighted by Crippen LogP contribution is 2.31. The van der Waals surface area contributed by atoms with Crippen LogP contribution in [0.2, 0.25) is 0 Å². The van der Waals surface area contributed by atoms with E-state index in [2.05, 4.69) is 40.8 Å². The summed E-state index contributed by atoms with van der Waals surface area (Å²) in [7, 11) is 0. The van der Waals surface area contributed by atoms with Gasteiger partial charge in [-0.15, -0.1) is 0 Å². The van der Waals surface area contributed by atoms with Crippen molar-refractivity contribution in [1.29, 1.82) is 0 Å². The minimum Gasteiger partial charge on any atom is -0.361 e. The second kappa shape index (κ2) is 3.61. The van der Waals surface area contributed by atoms with E-state index in [9.17, 15) is 0 Å². The zero-order valence-electron chi connectivity index (χ0n) is 9.29. The molecular formula is C13H17N3. The molecule has 0 radical (unpaired) electrons. The first-order valence-corrected chi connectivity index (χ1v) is 5.81. The van der Waals surface area contributed by atoms with Gasteiger partial charge in [0, 0.05) is 35.7 Å². The number of H-pyrrole nitrogens is 1. The van der Waals surface area contributed by atoms with Gasteiger partial charge in [0.25, 0.3) is 0 Å². The maximum absolute atomic E-state index is 6.03. The van der Waals surface area contributed by atoms with Crippen LogP contribution in [0.4, 0.5) is 0 Å². The normalized spacial score (nSPS) is 17.8. The first-order valence-electron chi connectivity index (χ1n) is 5.81. The molecule has 0 atom stereocenters. The van der Waals surface area contributed by atoms with Gasteiger partial charge in [-0.3, -0.25) is 0 Å². The van der Waals surface area contributed by atoms with Gasteiger partial charge in [-0.25, -0.2) is 0 Å². The van der Waals surface area contributed by atoms with Gasteiger partial charge in [0.2, 0.25) is 0 Å². The third kappa shape index (κ3) is 1.84. The van der Waals surface area contributed by atoms with Gasteiger partial charge in [-0.05, 0) is 24.5 Å². The number of hydrogen-bond acceptors (Lipinski definition) is 2. The van der Waals surface area contributed by atoms with Crippen molar-refractivity contribution in [2.24, 2.45) is 5.73 Å². The first kappa shape index (κ1) is 9.87. The Bertz CT molecular complexity index is 497. The summed E-state index contributed by atoms with van der Waals surface area (Å²) in [6.07, 6.45) is 4.40. The van der Waals surface area contributed by atoms with E-state index in [1.807, 2.05) is 0 Å². The predicted octanol–water partition coefficient (Wildman–Crippen LogP) is 1.75. The molecule has 0 saturated heterocycles. The second-order valence-corrected chi connectivity index (χ2v) is 4.83. The van der Waals surface area contributed by atoms with E-state index in [4.69, 9.17) is 5.73 Å². The van der Waals surface area contributed by atoms with Gasteiger partial charge in [0.1, 0.15) is 0 Å². The molecule has 3 rings (SSSR count). The molecule has 0 unspecified atom stereocenters. The smallest absolute Gasteiger partial charge is 0.0457 e. The fourth-order valence-corrected chi connectivity index (χ4v) is 2.06. The number of fused-ring (bicyclic) bond motifs is 1. The van der Waals surface area contributed by atoms with Crippen LogP contribution < -0.4 is 11.1 Å². The van der Waals surface area contributed by atoms with Crippen LogP contribution in [0.25, 0.3) is 10.9 Å². The number of nitrogens with one attached hydrogen (secondary N) is 2. The highest BCUT2D eigenvalue weighted by atomic mass is 15.0. The maximum atomic E-state index is 6.03. The van der Waals surface area contributed by atoms with E-state index in [1.165, 1.54) is 16.5 Å². The van der Waals surface area contributed by atoms with Crippen molar-refractivity contribution < 1.29 is 0 Å². The number of hydrogen-bond donors (Lipinski definition) is 3. The molecule has 1 aliphatic carbocycles. The first-order chi connectivity index (χ1) is 7.77. The zero-order valence-corrected chi connectivity index (χ0v) is 9.29. The summed E-state index contributed by atoms with van der Waals surface area (Å²) in [5, 5.41) is 4.74. The molecule has 1 aromatic carbocycles. The number of para-hydroxylation sites is 1. The van der Waals surface area contributed by atoms with Crippen molar-refractivity contribution in [2.75, 3.05) is 6.54 Å². The molecule has 0 spiro atoms. The van der Waals surface area contributed by atoms with Gasteiger partial charge in [-0.2, -0.15) is 0 Å². The largest absolute Gasteiger partial charge is 0.361 e. The van der Waals surface area contributed by atoms with E-state index in [1.54, 1.807) is 0 Å². The number of aromatic amines is 1. The Kier molecular flexibility index (Phi) is 2.23. The maximum Gasteiger partial charge on any atom is 0.0457 e. The van der Waals surface area contributed by atoms with Crippen LogP contribution in [0.1, 0.15) is 18.4 Å². The van der Waals surface area contributed by atoms with E-state index < -0.39 is 0 Å². The summed E-state index contributed by atoms with van der Waals surface area (Å²) in [5.41, 5.74) is 8.64. The SMILES string of the molecule is NC1(CNCc2c[nH]c3ccccc23)CC1. The molecule has 1 heterocycles. The number of nitrogens with two attached hydrogens (primary N) is 1. The van der Waals surface area contributed by atoms with E-state index in [-0.39, 0.29) is 5.54 Å². The molecule has 0 bridgehead atoms. The standard InChI is InChI=1S/C13H17N3/c14-13(5-6-13)9-15-7-10-8-16-12-4-2-1-3-11(10)12/h1-4,8,15-16H,5-7,9,14H2. The summed E-state index contributed by atoms with van der Waals surface area (Å²) in [6, 6.07) is 8.38. The minimum atomic E-state index is 0.0894. The van der Waals surface area contributed by atoms with Crippen molar-refractivity contribution >= 4 is 10.9 Å². The summed E-state index contributed by atoms with van der Waals surface area (Å²) in [6.45, 7) is 1.81. The van der Waals surface area contributed by atoms with Crippen molar-refractivity contribution in [3.63, 3.8) is 0 Å². The fraction of sp³-hybridized carbons (Fsp3) is 0.385. The molecule has 0 aliphatic heterocycles. The number of aromatic nitrogens is 1. The Labute approximate surface area is 95.0 Å². The average molecular weight is 215 g/mol. The van der Waals surface area contributed by atoms with E-state index >= 15 is 0 Å². The lowest BCUT2D eigenvalue weighted by atomic mass is 10.2. The molecule has 1 saturated carbocycles. The summed E-state index contributed by atoms with van der Waals surface area (Å²) in [4.78, 5) is 3.28. The molecule has 16 heavy (non-hydrogen) atoms. The zero-order chi connectivity index (χ0) is 11.0. The molecule has 4 N–H and O–H groups in total. The van der Waals surface area contributed by atoms with Crippen LogP contribution >= 0.6 is 0 Å². The van der Waals surface area contributed by atoms with Crippen molar-refractivity contribution in [3.05, 3.63) is 36.0 Å². The lowest BCUT2D eigenvalue weighted by Gasteiger charge is -2.09. The van der Waals surface area contributed by atoms with Crippen LogP contribution in [-0.2, 0) is 6.54 Å². The molecule has 0 amide bonds. The monoisotopic (exact) mass is 215 g/mol. The molecule has 3 heteroatoms. The van der Waals surface area contributed by atoms with Gasteiger partial charge in [0.05, 0.1) is 0 Å². The van der Waals surface area contributed by atoms with Gasteiger partial charge in [0.15, 0.2) is 0 Å². The van der Waals surface area contributed by atoms with Crippen LogP contribution in [-0.4, -0.2) is 17.1 Å². The van der Waals surface area contributed by atoms with Crippen molar-refractivity contribution in [3.8, 4) is 0 Å². The highest BCUT2D eigenvalue weighted by Gasteiger charge is 2.37. The lowest BCUT2D eigenvalue weighted by molar-refractivity contribution is 0.570. The third-order valence-corrected chi connectivity index (χ3v) is 3.36. The molecule has 84 valence electrons. The quantitative estimate of drug-likeness (QED) is 0.727. The Morgan fingerprint density at radius 1 is 1.31 bits per heavy atom. The lowest BCUT2D eigenvalue weighted by Crippen LogP contribution is -2.35. The minimum absolute atomic E-state index is 0.0894. The summed E-state index contributed by atoms with van der Waals surface area (Å²) >= 11 is 0. The molecule has 1 fully saturated rings. The average Bonchev–Trinajstić information content (AvgIpc) is 2.89. The van der Waals surface area contributed by atoms with E-state index in [0.29, 0.717) is 0 Å². The topological polar surface area (TPSA) is 53.8 Å². The van der Waals surface area contributed by atoms with Crippen LogP contribution in [0.15, 0.2) is 30.5 Å². The molecule has 1 aliphatic rings. The van der Waals surface area contributed by atoms with Crippen LogP contribution in [0, 0.1) is 0 Å². The van der Waals surface area contributed by atoms with Gasteiger partial charge >= 0.3 is 0 Å². The van der Waals surface area contributed by atoms with Gasteiger partial charge in [-0.1, -0.05) is 18.2 Å². The number of rotatable bonds is 4. The fourth-order valence-electron chi connectivity index (χ4n) is 2.06. The summed E-state index contributed by atoms with van der Waals surface area (Å²) < 4.78 is 0. The van der Waals surface area contributed by atoms with Crippen molar-refractivity contribution in [2.45, 2.75) is 24.9 Å². The van der Waals surface area contributed by atoms with Crippen LogP contribution in [0.5, 0.6) is 0 Å². The number of benzene rings is 1. The van der Waals surface area contributed by atoms with Gasteiger partial charge < -0.3 is 16.0 Å². The molecule has 3 nitrogen and oxygen atoms in total.